The number of amides is 1. The van der Waals surface area contributed by atoms with Crippen LogP contribution >= 0.6 is 0 Å². The molecule has 7 heteroatoms. The Bertz CT molecular complexity index is 566. The molecular weight excluding hydrogens is 298 g/mol. The van der Waals surface area contributed by atoms with E-state index in [9.17, 15) is 4.79 Å². The molecule has 0 aromatic heterocycles. The Balaban J connectivity index is 1.69. The quantitative estimate of drug-likeness (QED) is 0.797. The SMILES string of the molecule is CN1CCO[C@@H](CN(CC(N)=O)Cc2cccc3c2OCO3)C1. The van der Waals surface area contributed by atoms with Crippen molar-refractivity contribution in [2.75, 3.05) is 46.6 Å². The van der Waals surface area contributed by atoms with Gasteiger partial charge in [-0.3, -0.25) is 9.69 Å². The molecule has 2 aliphatic rings. The first-order chi connectivity index (χ1) is 11.1. The second-order valence-corrected chi connectivity index (χ2v) is 6.04. The number of hydrogen-bond acceptors (Lipinski definition) is 6. The highest BCUT2D eigenvalue weighted by Crippen LogP contribution is 2.35. The Morgan fingerprint density at radius 2 is 2.30 bits per heavy atom. The van der Waals surface area contributed by atoms with Crippen molar-refractivity contribution >= 4 is 5.91 Å². The van der Waals surface area contributed by atoms with E-state index in [1.807, 2.05) is 23.1 Å². The lowest BCUT2D eigenvalue weighted by atomic mass is 10.1. The molecule has 1 aromatic carbocycles. The van der Waals surface area contributed by atoms with Gasteiger partial charge in [-0.1, -0.05) is 12.1 Å². The van der Waals surface area contributed by atoms with Gasteiger partial charge in [0.2, 0.25) is 12.7 Å². The zero-order valence-corrected chi connectivity index (χ0v) is 13.4. The minimum atomic E-state index is -0.348. The molecule has 23 heavy (non-hydrogen) atoms. The fourth-order valence-corrected chi connectivity index (χ4v) is 3.03. The van der Waals surface area contributed by atoms with Crippen molar-refractivity contribution in [3.8, 4) is 11.5 Å². The minimum absolute atomic E-state index is 0.0713. The summed E-state index contributed by atoms with van der Waals surface area (Å²) in [7, 11) is 2.07. The maximum Gasteiger partial charge on any atom is 0.231 e. The van der Waals surface area contributed by atoms with Crippen LogP contribution in [-0.4, -0.2) is 68.4 Å². The zero-order valence-electron chi connectivity index (χ0n) is 13.4. The number of nitrogens with two attached hydrogens (primary N) is 1. The fourth-order valence-electron chi connectivity index (χ4n) is 3.03. The maximum atomic E-state index is 11.4. The zero-order chi connectivity index (χ0) is 16.2. The Morgan fingerprint density at radius 3 is 3.09 bits per heavy atom. The van der Waals surface area contributed by atoms with Crippen molar-refractivity contribution in [3.63, 3.8) is 0 Å². The van der Waals surface area contributed by atoms with Crippen LogP contribution in [0.2, 0.25) is 0 Å². The van der Waals surface area contributed by atoms with Gasteiger partial charge >= 0.3 is 0 Å². The normalized spacial score (nSPS) is 20.9. The number of fused-ring (bicyclic) bond motifs is 1. The molecule has 3 rings (SSSR count). The topological polar surface area (TPSA) is 77.3 Å². The summed E-state index contributed by atoms with van der Waals surface area (Å²) in [5.41, 5.74) is 6.40. The first-order valence-electron chi connectivity index (χ1n) is 7.80. The number of morpholine rings is 1. The Morgan fingerprint density at radius 1 is 1.43 bits per heavy atom. The van der Waals surface area contributed by atoms with Crippen LogP contribution in [0.4, 0.5) is 0 Å². The molecular formula is C16H23N3O4. The predicted octanol–water partition coefficient (Wildman–Crippen LogP) is 0.0332. The van der Waals surface area contributed by atoms with E-state index in [4.69, 9.17) is 19.9 Å². The summed E-state index contributed by atoms with van der Waals surface area (Å²) in [5.74, 6) is 1.15. The third-order valence-corrected chi connectivity index (χ3v) is 4.06. The molecule has 126 valence electrons. The fraction of sp³-hybridized carbons (Fsp3) is 0.562. The lowest BCUT2D eigenvalue weighted by Crippen LogP contribution is -2.47. The van der Waals surface area contributed by atoms with E-state index < -0.39 is 0 Å². The summed E-state index contributed by atoms with van der Waals surface area (Å²) in [6.45, 7) is 4.14. The third-order valence-electron chi connectivity index (χ3n) is 4.06. The summed E-state index contributed by atoms with van der Waals surface area (Å²) in [4.78, 5) is 15.6. The van der Waals surface area contributed by atoms with Crippen LogP contribution in [0.25, 0.3) is 0 Å². The van der Waals surface area contributed by atoms with E-state index >= 15 is 0 Å². The molecule has 0 unspecified atom stereocenters. The number of para-hydroxylation sites is 1. The number of carbonyl (C=O) groups is 1. The largest absolute Gasteiger partial charge is 0.454 e. The second kappa shape index (κ2) is 7.16. The summed E-state index contributed by atoms with van der Waals surface area (Å²) in [5, 5.41) is 0. The molecule has 2 N–H and O–H groups in total. The van der Waals surface area contributed by atoms with Crippen molar-refractivity contribution in [2.45, 2.75) is 12.6 Å². The molecule has 0 spiro atoms. The van der Waals surface area contributed by atoms with Crippen LogP contribution < -0.4 is 15.2 Å². The number of carbonyl (C=O) groups excluding carboxylic acids is 1. The van der Waals surface area contributed by atoms with E-state index in [0.717, 1.165) is 30.2 Å². The molecule has 0 radical (unpaired) electrons. The molecule has 0 bridgehead atoms. The summed E-state index contributed by atoms with van der Waals surface area (Å²) in [6.07, 6.45) is 0.0713. The van der Waals surface area contributed by atoms with E-state index in [1.165, 1.54) is 0 Å². The van der Waals surface area contributed by atoms with Gasteiger partial charge in [-0.2, -0.15) is 0 Å². The lowest BCUT2D eigenvalue weighted by molar-refractivity contribution is -0.120. The summed E-state index contributed by atoms with van der Waals surface area (Å²) in [6, 6.07) is 5.79. The average molecular weight is 321 g/mol. The van der Waals surface area contributed by atoms with Crippen molar-refractivity contribution in [3.05, 3.63) is 23.8 Å². The first kappa shape index (κ1) is 16.0. The Hall–Kier alpha value is -1.83. The molecule has 1 fully saturated rings. The van der Waals surface area contributed by atoms with Gasteiger partial charge < -0.3 is 24.8 Å². The molecule has 2 heterocycles. The highest BCUT2D eigenvalue weighted by atomic mass is 16.7. The van der Waals surface area contributed by atoms with E-state index in [-0.39, 0.29) is 25.3 Å². The van der Waals surface area contributed by atoms with Crippen molar-refractivity contribution in [1.82, 2.24) is 9.80 Å². The molecule has 1 atom stereocenters. The van der Waals surface area contributed by atoms with Gasteiger partial charge in [0.25, 0.3) is 0 Å². The smallest absolute Gasteiger partial charge is 0.231 e. The molecule has 0 aliphatic carbocycles. The Labute approximate surface area is 135 Å². The molecule has 2 aliphatic heterocycles. The third kappa shape index (κ3) is 4.13. The predicted molar refractivity (Wildman–Crippen MR) is 84.3 cm³/mol. The second-order valence-electron chi connectivity index (χ2n) is 6.04. The van der Waals surface area contributed by atoms with Crippen LogP contribution in [0, 0.1) is 0 Å². The van der Waals surface area contributed by atoms with Crippen molar-refractivity contribution in [1.29, 1.82) is 0 Å². The van der Waals surface area contributed by atoms with E-state index in [1.54, 1.807) is 0 Å². The van der Waals surface area contributed by atoms with Gasteiger partial charge in [0, 0.05) is 31.7 Å². The monoisotopic (exact) mass is 321 g/mol. The van der Waals surface area contributed by atoms with Crippen LogP contribution in [0.3, 0.4) is 0 Å². The lowest BCUT2D eigenvalue weighted by Gasteiger charge is -2.33. The number of primary amides is 1. The molecule has 7 nitrogen and oxygen atoms in total. The van der Waals surface area contributed by atoms with E-state index in [0.29, 0.717) is 19.7 Å². The van der Waals surface area contributed by atoms with Crippen LogP contribution in [0.5, 0.6) is 11.5 Å². The number of hydrogen-bond donors (Lipinski definition) is 1. The van der Waals surface area contributed by atoms with Gasteiger partial charge in [-0.05, 0) is 13.1 Å². The number of ether oxygens (including phenoxy) is 3. The van der Waals surface area contributed by atoms with Gasteiger partial charge in [-0.15, -0.1) is 0 Å². The van der Waals surface area contributed by atoms with Gasteiger partial charge in [0.05, 0.1) is 19.3 Å². The first-order valence-corrected chi connectivity index (χ1v) is 7.80. The van der Waals surface area contributed by atoms with Crippen molar-refractivity contribution in [2.24, 2.45) is 5.73 Å². The Kier molecular flexibility index (Phi) is 5.00. The van der Waals surface area contributed by atoms with Crippen LogP contribution in [0.1, 0.15) is 5.56 Å². The van der Waals surface area contributed by atoms with E-state index in [2.05, 4.69) is 11.9 Å². The molecule has 0 saturated carbocycles. The molecule has 1 saturated heterocycles. The average Bonchev–Trinajstić information content (AvgIpc) is 2.96. The summed E-state index contributed by atoms with van der Waals surface area (Å²) >= 11 is 0. The highest BCUT2D eigenvalue weighted by Gasteiger charge is 2.24. The van der Waals surface area contributed by atoms with Crippen LogP contribution in [-0.2, 0) is 16.1 Å². The number of benzene rings is 1. The van der Waals surface area contributed by atoms with Crippen LogP contribution in [0.15, 0.2) is 18.2 Å². The number of nitrogens with zero attached hydrogens (tertiary/aromatic N) is 2. The number of likely N-dealkylation sites (N-methyl/N-ethyl adjacent to an activating group) is 1. The molecule has 1 amide bonds. The number of rotatable bonds is 6. The van der Waals surface area contributed by atoms with Gasteiger partial charge in [0.1, 0.15) is 0 Å². The van der Waals surface area contributed by atoms with Crippen molar-refractivity contribution < 1.29 is 19.0 Å². The molecule has 1 aromatic rings. The maximum absolute atomic E-state index is 11.4. The van der Waals surface area contributed by atoms with Gasteiger partial charge in [-0.25, -0.2) is 0 Å². The van der Waals surface area contributed by atoms with Gasteiger partial charge in [0.15, 0.2) is 11.5 Å². The highest BCUT2D eigenvalue weighted by molar-refractivity contribution is 5.75. The minimum Gasteiger partial charge on any atom is -0.454 e. The summed E-state index contributed by atoms with van der Waals surface area (Å²) < 4.78 is 16.7. The standard InChI is InChI=1S/C16H23N3O4/c1-18-5-6-21-13(8-18)9-19(10-15(17)20)7-12-3-2-4-14-16(12)23-11-22-14/h2-4,13H,5-11H2,1H3,(H2,17,20)/t13-/m1/s1.